The van der Waals surface area contributed by atoms with Crippen LogP contribution < -0.4 is 5.32 Å². The topological polar surface area (TPSA) is 39.1 Å². The average molecular weight is 285 g/mol. The van der Waals surface area contributed by atoms with Crippen molar-refractivity contribution < 1.29 is 4.74 Å². The van der Waals surface area contributed by atoms with Gasteiger partial charge in [-0.05, 0) is 31.2 Å². The second kappa shape index (κ2) is 6.31. The van der Waals surface area contributed by atoms with E-state index in [1.165, 1.54) is 11.3 Å². The number of benzene rings is 1. The second-order valence-corrected chi connectivity index (χ2v) is 5.75. The fraction of sp³-hybridized carbons (Fsp3) is 0.471. The summed E-state index contributed by atoms with van der Waals surface area (Å²) in [6, 6.07) is 11.0. The fourth-order valence-corrected chi connectivity index (χ4v) is 2.99. The molecule has 1 aromatic carbocycles. The summed E-state index contributed by atoms with van der Waals surface area (Å²) in [6.07, 6.45) is 4.13. The van der Waals surface area contributed by atoms with Gasteiger partial charge < -0.3 is 10.1 Å². The van der Waals surface area contributed by atoms with Crippen molar-refractivity contribution in [1.29, 1.82) is 0 Å². The van der Waals surface area contributed by atoms with Crippen molar-refractivity contribution >= 4 is 5.69 Å². The van der Waals surface area contributed by atoms with Gasteiger partial charge in [-0.2, -0.15) is 5.10 Å². The molecule has 3 rings (SSSR count). The van der Waals surface area contributed by atoms with Gasteiger partial charge in [0.15, 0.2) is 0 Å². The fourth-order valence-electron chi connectivity index (χ4n) is 2.99. The molecule has 1 aromatic heterocycles. The van der Waals surface area contributed by atoms with Crippen LogP contribution >= 0.6 is 0 Å². The molecule has 1 aliphatic heterocycles. The van der Waals surface area contributed by atoms with Crippen LogP contribution in [-0.4, -0.2) is 23.0 Å². The third-order valence-electron chi connectivity index (χ3n) is 4.44. The van der Waals surface area contributed by atoms with Crippen molar-refractivity contribution in [1.82, 2.24) is 9.78 Å². The van der Waals surface area contributed by atoms with Crippen LogP contribution in [0.2, 0.25) is 0 Å². The molecule has 0 saturated carbocycles. The van der Waals surface area contributed by atoms with Gasteiger partial charge in [0.25, 0.3) is 0 Å². The molecule has 1 aliphatic rings. The summed E-state index contributed by atoms with van der Waals surface area (Å²) in [6.45, 7) is 3.82. The Morgan fingerprint density at radius 2 is 1.95 bits per heavy atom. The highest BCUT2D eigenvalue weighted by Crippen LogP contribution is 2.33. The van der Waals surface area contributed by atoms with Gasteiger partial charge in [-0.25, -0.2) is 0 Å². The van der Waals surface area contributed by atoms with Gasteiger partial charge in [-0.1, -0.05) is 30.3 Å². The first-order chi connectivity index (χ1) is 10.3. The molecule has 1 fully saturated rings. The van der Waals surface area contributed by atoms with Crippen LogP contribution in [0.5, 0.6) is 0 Å². The van der Waals surface area contributed by atoms with E-state index in [9.17, 15) is 0 Å². The molecule has 0 aliphatic carbocycles. The normalized spacial score (nSPS) is 17.6. The molecule has 0 amide bonds. The maximum absolute atomic E-state index is 5.52. The molecule has 2 heterocycles. The molecule has 0 bridgehead atoms. The molecule has 1 N–H and O–H groups in total. The number of aromatic nitrogens is 2. The molecule has 0 spiro atoms. The van der Waals surface area contributed by atoms with E-state index in [-0.39, 0.29) is 0 Å². The van der Waals surface area contributed by atoms with E-state index in [0.29, 0.717) is 12.0 Å². The highest BCUT2D eigenvalue weighted by atomic mass is 16.5. The van der Waals surface area contributed by atoms with Crippen LogP contribution in [-0.2, 0) is 11.8 Å². The lowest BCUT2D eigenvalue weighted by Crippen LogP contribution is -2.27. The van der Waals surface area contributed by atoms with Gasteiger partial charge in [0, 0.05) is 20.3 Å². The van der Waals surface area contributed by atoms with Gasteiger partial charge >= 0.3 is 0 Å². The molecule has 2 aromatic rings. The van der Waals surface area contributed by atoms with E-state index >= 15 is 0 Å². The standard InChI is InChI=1S/C17H23N3O/c1-13-16(12-18-20(13)2)19-17(14-6-4-3-5-7-14)15-8-10-21-11-9-15/h3-7,12,15,17,19H,8-11H2,1-2H3. The third kappa shape index (κ3) is 3.10. The second-order valence-electron chi connectivity index (χ2n) is 5.75. The third-order valence-corrected chi connectivity index (χ3v) is 4.44. The van der Waals surface area contributed by atoms with Gasteiger partial charge in [0.1, 0.15) is 0 Å². The summed E-state index contributed by atoms with van der Waals surface area (Å²) in [4.78, 5) is 0. The minimum absolute atomic E-state index is 0.318. The van der Waals surface area contributed by atoms with Crippen LogP contribution in [0, 0.1) is 12.8 Å². The van der Waals surface area contributed by atoms with E-state index < -0.39 is 0 Å². The Morgan fingerprint density at radius 3 is 2.57 bits per heavy atom. The van der Waals surface area contributed by atoms with Gasteiger partial charge in [0.05, 0.1) is 23.6 Å². The van der Waals surface area contributed by atoms with Crippen molar-refractivity contribution in [3.05, 3.63) is 47.8 Å². The molecule has 4 heteroatoms. The molecule has 4 nitrogen and oxygen atoms in total. The zero-order valence-electron chi connectivity index (χ0n) is 12.7. The van der Waals surface area contributed by atoms with Crippen molar-refractivity contribution in [2.45, 2.75) is 25.8 Å². The Labute approximate surface area is 126 Å². The number of nitrogens with one attached hydrogen (secondary N) is 1. The Balaban J connectivity index is 1.86. The number of hydrogen-bond donors (Lipinski definition) is 1. The first kappa shape index (κ1) is 14.1. The molecule has 0 radical (unpaired) electrons. The quantitative estimate of drug-likeness (QED) is 0.936. The summed E-state index contributed by atoms with van der Waals surface area (Å²) in [5.74, 6) is 0.598. The Bertz CT molecular complexity index is 573. The maximum Gasteiger partial charge on any atom is 0.0761 e. The summed E-state index contributed by atoms with van der Waals surface area (Å²) >= 11 is 0. The Morgan fingerprint density at radius 1 is 1.24 bits per heavy atom. The predicted octanol–water partition coefficient (Wildman–Crippen LogP) is 3.31. The summed E-state index contributed by atoms with van der Waals surface area (Å²) < 4.78 is 7.43. The van der Waals surface area contributed by atoms with Crippen molar-refractivity contribution in [2.75, 3.05) is 18.5 Å². The lowest BCUT2D eigenvalue weighted by molar-refractivity contribution is 0.0605. The van der Waals surface area contributed by atoms with E-state index in [1.807, 2.05) is 17.9 Å². The van der Waals surface area contributed by atoms with Gasteiger partial charge in [-0.3, -0.25) is 4.68 Å². The number of aryl methyl sites for hydroxylation is 1. The first-order valence-electron chi connectivity index (χ1n) is 7.63. The summed E-state index contributed by atoms with van der Waals surface area (Å²) in [7, 11) is 1.98. The number of anilines is 1. The lowest BCUT2D eigenvalue weighted by Gasteiger charge is -2.32. The highest BCUT2D eigenvalue weighted by Gasteiger charge is 2.26. The molecule has 21 heavy (non-hydrogen) atoms. The molecule has 1 unspecified atom stereocenters. The summed E-state index contributed by atoms with van der Waals surface area (Å²) in [5, 5.41) is 8.05. The largest absolute Gasteiger partial charge is 0.381 e. The average Bonchev–Trinajstić information content (AvgIpc) is 2.86. The van der Waals surface area contributed by atoms with Crippen molar-refractivity contribution in [3.8, 4) is 0 Å². The monoisotopic (exact) mass is 285 g/mol. The maximum atomic E-state index is 5.52. The zero-order valence-corrected chi connectivity index (χ0v) is 12.7. The Hall–Kier alpha value is -1.81. The zero-order chi connectivity index (χ0) is 14.7. The van der Waals surface area contributed by atoms with Gasteiger partial charge in [-0.15, -0.1) is 0 Å². The smallest absolute Gasteiger partial charge is 0.0761 e. The van der Waals surface area contributed by atoms with E-state index in [2.05, 4.69) is 47.7 Å². The minimum Gasteiger partial charge on any atom is -0.381 e. The summed E-state index contributed by atoms with van der Waals surface area (Å²) in [5.41, 5.74) is 3.63. The first-order valence-corrected chi connectivity index (χ1v) is 7.63. The molecule has 112 valence electrons. The molecular formula is C17H23N3O. The lowest BCUT2D eigenvalue weighted by atomic mass is 9.87. The SMILES string of the molecule is Cc1c(NC(c2ccccc2)C2CCOCC2)cnn1C. The number of ether oxygens (including phenoxy) is 1. The van der Waals surface area contributed by atoms with Crippen LogP contribution in [0.3, 0.4) is 0 Å². The van der Waals surface area contributed by atoms with Crippen LogP contribution in [0.4, 0.5) is 5.69 Å². The van der Waals surface area contributed by atoms with E-state index in [0.717, 1.165) is 31.7 Å². The van der Waals surface area contributed by atoms with E-state index in [1.54, 1.807) is 0 Å². The van der Waals surface area contributed by atoms with Crippen molar-refractivity contribution in [2.24, 2.45) is 13.0 Å². The van der Waals surface area contributed by atoms with E-state index in [4.69, 9.17) is 4.74 Å². The molecular weight excluding hydrogens is 262 g/mol. The van der Waals surface area contributed by atoms with Gasteiger partial charge in [0.2, 0.25) is 0 Å². The number of rotatable bonds is 4. The number of hydrogen-bond acceptors (Lipinski definition) is 3. The molecule has 1 atom stereocenters. The highest BCUT2D eigenvalue weighted by molar-refractivity contribution is 5.48. The van der Waals surface area contributed by atoms with Crippen molar-refractivity contribution in [3.63, 3.8) is 0 Å². The minimum atomic E-state index is 0.318. The Kier molecular flexibility index (Phi) is 4.25. The number of nitrogens with zero attached hydrogens (tertiary/aromatic N) is 2. The van der Waals surface area contributed by atoms with Crippen LogP contribution in [0.25, 0.3) is 0 Å². The molecule has 1 saturated heterocycles. The van der Waals surface area contributed by atoms with Crippen LogP contribution in [0.15, 0.2) is 36.5 Å². The predicted molar refractivity (Wildman–Crippen MR) is 84.3 cm³/mol. The van der Waals surface area contributed by atoms with Crippen LogP contribution in [0.1, 0.15) is 30.1 Å².